The van der Waals surface area contributed by atoms with Gasteiger partial charge in [-0.2, -0.15) is 4.39 Å². The number of rotatable bonds is 6. The number of pyridine rings is 1. The molecular formula is C19H21F2N3O4. The maximum atomic E-state index is 14.9. The molecule has 3 N–H and O–H groups in total. The van der Waals surface area contributed by atoms with Crippen molar-refractivity contribution in [2.75, 3.05) is 18.5 Å². The van der Waals surface area contributed by atoms with Gasteiger partial charge in [0.2, 0.25) is 5.82 Å². The number of aliphatic hydroxyl groups is 1. The van der Waals surface area contributed by atoms with Crippen LogP contribution >= 0.6 is 0 Å². The molecule has 2 heterocycles. The lowest BCUT2D eigenvalue weighted by Gasteiger charge is -2.24. The number of aryl methyl sites for hydroxylation is 1. The maximum Gasteiger partial charge on any atom is 0.289 e. The normalized spacial score (nSPS) is 13.1. The number of nitrogens with one attached hydrogen (secondary N) is 2. The summed E-state index contributed by atoms with van der Waals surface area (Å²) in [6.07, 6.45) is 1.80. The molecule has 0 bridgehead atoms. The lowest BCUT2D eigenvalue weighted by Crippen LogP contribution is -2.36. The number of hydroxylamine groups is 1. The van der Waals surface area contributed by atoms with Crippen molar-refractivity contribution < 1.29 is 23.5 Å². The van der Waals surface area contributed by atoms with E-state index in [0.29, 0.717) is 30.6 Å². The molecule has 0 atom stereocenters. The molecule has 0 radical (unpaired) electrons. The van der Waals surface area contributed by atoms with Crippen LogP contribution in [-0.4, -0.2) is 28.8 Å². The van der Waals surface area contributed by atoms with E-state index in [1.54, 1.807) is 13.0 Å². The number of nitrogens with zero attached hydrogens (tertiary/aromatic N) is 1. The summed E-state index contributed by atoms with van der Waals surface area (Å²) in [5.74, 6) is -2.59. The van der Waals surface area contributed by atoms with Gasteiger partial charge in [0.05, 0.1) is 30.2 Å². The van der Waals surface area contributed by atoms with Gasteiger partial charge in [0, 0.05) is 12.2 Å². The van der Waals surface area contributed by atoms with E-state index in [9.17, 15) is 18.4 Å². The quantitative estimate of drug-likeness (QED) is 0.517. The second-order valence-corrected chi connectivity index (χ2v) is 6.54. The minimum absolute atomic E-state index is 0.0602. The Morgan fingerprint density at radius 2 is 2.11 bits per heavy atom. The predicted molar refractivity (Wildman–Crippen MR) is 98.5 cm³/mol. The van der Waals surface area contributed by atoms with Gasteiger partial charge in [-0.3, -0.25) is 14.4 Å². The van der Waals surface area contributed by atoms with Gasteiger partial charge in [-0.15, -0.1) is 0 Å². The summed E-state index contributed by atoms with van der Waals surface area (Å²) in [7, 11) is 0. The van der Waals surface area contributed by atoms with Crippen molar-refractivity contribution >= 4 is 17.3 Å². The number of aromatic nitrogens is 1. The minimum Gasteiger partial charge on any atom is -0.394 e. The first kappa shape index (κ1) is 20.0. The minimum atomic E-state index is -1.17. The average molecular weight is 393 g/mol. The van der Waals surface area contributed by atoms with Gasteiger partial charge in [0.25, 0.3) is 11.5 Å². The molecule has 0 fully saturated rings. The summed E-state index contributed by atoms with van der Waals surface area (Å²) in [5.41, 5.74) is 1.72. The second kappa shape index (κ2) is 8.49. The third kappa shape index (κ3) is 3.90. The zero-order chi connectivity index (χ0) is 20.3. The molecule has 0 spiro atoms. The third-order valence-electron chi connectivity index (χ3n) is 4.53. The molecule has 0 saturated carbocycles. The van der Waals surface area contributed by atoms with Crippen molar-refractivity contribution in [1.29, 1.82) is 0 Å². The fourth-order valence-corrected chi connectivity index (χ4v) is 3.23. The Balaban J connectivity index is 2.12. The zero-order valence-electron chi connectivity index (χ0n) is 15.3. The summed E-state index contributed by atoms with van der Waals surface area (Å²) in [6.45, 7) is 1.53. The number of carbonyl (C=O) groups is 1. The van der Waals surface area contributed by atoms with Gasteiger partial charge in [0.15, 0.2) is 0 Å². The number of hydrogen-bond acceptors (Lipinski definition) is 5. The number of benzene rings is 1. The number of aliphatic hydroxyl groups excluding tert-OH is 1. The Morgan fingerprint density at radius 1 is 1.32 bits per heavy atom. The topological polar surface area (TPSA) is 92.6 Å². The van der Waals surface area contributed by atoms with Gasteiger partial charge in [-0.1, -0.05) is 6.07 Å². The SMILES string of the molecule is Cc1ccc(Nc2c(C(=O)NOCCO)c3n(c(=O)c2F)CCCC3)c(F)c1. The van der Waals surface area contributed by atoms with Gasteiger partial charge in [0.1, 0.15) is 5.82 Å². The van der Waals surface area contributed by atoms with Gasteiger partial charge >= 0.3 is 0 Å². The molecule has 1 aromatic heterocycles. The van der Waals surface area contributed by atoms with E-state index in [0.717, 1.165) is 6.42 Å². The molecule has 150 valence electrons. The molecule has 9 heteroatoms. The predicted octanol–water partition coefficient (Wildman–Crippen LogP) is 2.17. The molecular weight excluding hydrogens is 372 g/mol. The van der Waals surface area contributed by atoms with Gasteiger partial charge < -0.3 is 15.0 Å². The molecule has 1 aromatic carbocycles. The number of halogens is 2. The van der Waals surface area contributed by atoms with Crippen molar-refractivity contribution in [2.24, 2.45) is 0 Å². The molecule has 2 aromatic rings. The molecule has 1 aliphatic rings. The van der Waals surface area contributed by atoms with Gasteiger partial charge in [-0.25, -0.2) is 9.87 Å². The van der Waals surface area contributed by atoms with Gasteiger partial charge in [-0.05, 0) is 43.9 Å². The lowest BCUT2D eigenvalue weighted by molar-refractivity contribution is 0.0167. The fourth-order valence-electron chi connectivity index (χ4n) is 3.23. The Kier molecular flexibility index (Phi) is 6.05. The van der Waals surface area contributed by atoms with Crippen LogP contribution in [0.2, 0.25) is 0 Å². The molecule has 3 rings (SSSR count). The highest BCUT2D eigenvalue weighted by Crippen LogP contribution is 2.29. The Bertz CT molecular complexity index is 959. The molecule has 0 saturated heterocycles. The number of hydrogen-bond donors (Lipinski definition) is 3. The summed E-state index contributed by atoms with van der Waals surface area (Å²) >= 11 is 0. The monoisotopic (exact) mass is 393 g/mol. The molecule has 1 aliphatic heterocycles. The number of anilines is 2. The van der Waals surface area contributed by atoms with Crippen LogP contribution in [-0.2, 0) is 17.8 Å². The summed E-state index contributed by atoms with van der Waals surface area (Å²) < 4.78 is 30.4. The van der Waals surface area contributed by atoms with Crippen molar-refractivity contribution in [2.45, 2.75) is 32.7 Å². The standard InChI is InChI=1S/C19H21F2N3O4/c1-11-5-6-13(12(20)10-11)22-17-15(18(26)23-28-9-8-25)14-4-2-3-7-24(14)19(27)16(17)21/h5-6,10,22,25H,2-4,7-9H2,1H3,(H,23,26). The van der Waals surface area contributed by atoms with Crippen molar-refractivity contribution in [1.82, 2.24) is 10.0 Å². The first-order chi connectivity index (χ1) is 13.4. The molecule has 1 amide bonds. The van der Waals surface area contributed by atoms with E-state index >= 15 is 0 Å². The maximum absolute atomic E-state index is 14.9. The summed E-state index contributed by atoms with van der Waals surface area (Å²) in [5, 5.41) is 11.4. The van der Waals surface area contributed by atoms with Crippen molar-refractivity contribution in [3.8, 4) is 0 Å². The molecule has 7 nitrogen and oxygen atoms in total. The number of fused-ring (bicyclic) bond motifs is 1. The Morgan fingerprint density at radius 3 is 2.82 bits per heavy atom. The lowest BCUT2D eigenvalue weighted by atomic mass is 10.0. The Labute approximate surface area is 159 Å². The first-order valence-electron chi connectivity index (χ1n) is 8.95. The van der Waals surface area contributed by atoms with E-state index in [1.165, 1.54) is 16.7 Å². The largest absolute Gasteiger partial charge is 0.394 e. The number of amides is 1. The van der Waals surface area contributed by atoms with E-state index in [4.69, 9.17) is 9.94 Å². The van der Waals surface area contributed by atoms with Crippen LogP contribution in [0.3, 0.4) is 0 Å². The van der Waals surface area contributed by atoms with Crippen LogP contribution in [0.15, 0.2) is 23.0 Å². The fraction of sp³-hybridized carbons (Fsp3) is 0.368. The third-order valence-corrected chi connectivity index (χ3v) is 4.53. The summed E-state index contributed by atoms with van der Waals surface area (Å²) in [4.78, 5) is 30.0. The molecule has 0 aliphatic carbocycles. The second-order valence-electron chi connectivity index (χ2n) is 6.54. The van der Waals surface area contributed by atoms with E-state index in [1.807, 2.05) is 0 Å². The highest BCUT2D eigenvalue weighted by molar-refractivity contribution is 6.01. The average Bonchev–Trinajstić information content (AvgIpc) is 2.68. The highest BCUT2D eigenvalue weighted by atomic mass is 19.1. The van der Waals surface area contributed by atoms with E-state index in [2.05, 4.69) is 10.8 Å². The van der Waals surface area contributed by atoms with E-state index < -0.39 is 28.8 Å². The molecule has 0 unspecified atom stereocenters. The van der Waals surface area contributed by atoms with E-state index in [-0.39, 0.29) is 24.5 Å². The van der Waals surface area contributed by atoms with Crippen LogP contribution in [0.5, 0.6) is 0 Å². The molecule has 28 heavy (non-hydrogen) atoms. The van der Waals surface area contributed by atoms with Crippen LogP contribution in [0.1, 0.15) is 34.5 Å². The zero-order valence-corrected chi connectivity index (χ0v) is 15.3. The van der Waals surface area contributed by atoms with Crippen LogP contribution in [0.4, 0.5) is 20.2 Å². The number of carbonyl (C=O) groups excluding carboxylic acids is 1. The summed E-state index contributed by atoms with van der Waals surface area (Å²) in [6, 6.07) is 4.29. The van der Waals surface area contributed by atoms with Crippen LogP contribution in [0, 0.1) is 18.6 Å². The smallest absolute Gasteiger partial charge is 0.289 e. The highest BCUT2D eigenvalue weighted by Gasteiger charge is 2.28. The van der Waals surface area contributed by atoms with Crippen molar-refractivity contribution in [3.05, 3.63) is 57.0 Å². The van der Waals surface area contributed by atoms with Crippen LogP contribution < -0.4 is 16.4 Å². The van der Waals surface area contributed by atoms with Crippen molar-refractivity contribution in [3.63, 3.8) is 0 Å². The Hall–Kier alpha value is -2.78. The first-order valence-corrected chi connectivity index (χ1v) is 8.95. The van der Waals surface area contributed by atoms with Crippen LogP contribution in [0.25, 0.3) is 0 Å².